The summed E-state index contributed by atoms with van der Waals surface area (Å²) in [5.41, 5.74) is 1.61. The number of carbonyl (C=O) groups excluding carboxylic acids is 1. The highest BCUT2D eigenvalue weighted by atomic mass is 16.1. The lowest BCUT2D eigenvalue weighted by atomic mass is 9.71. The van der Waals surface area contributed by atoms with Crippen molar-refractivity contribution < 1.29 is 4.79 Å². The van der Waals surface area contributed by atoms with Crippen molar-refractivity contribution in [2.24, 2.45) is 11.8 Å². The van der Waals surface area contributed by atoms with Crippen molar-refractivity contribution in [2.45, 2.75) is 58.3 Å². The molecular formula is C14H22O. The summed E-state index contributed by atoms with van der Waals surface area (Å²) in [6.45, 7) is 2.32. The third-order valence-corrected chi connectivity index (χ3v) is 4.19. The van der Waals surface area contributed by atoms with Crippen molar-refractivity contribution in [3.63, 3.8) is 0 Å². The molecule has 2 unspecified atom stereocenters. The fourth-order valence-corrected chi connectivity index (χ4v) is 3.25. The van der Waals surface area contributed by atoms with Crippen molar-refractivity contribution in [3.8, 4) is 0 Å². The van der Waals surface area contributed by atoms with Crippen LogP contribution < -0.4 is 0 Å². The van der Waals surface area contributed by atoms with Gasteiger partial charge in [0.05, 0.1) is 0 Å². The van der Waals surface area contributed by atoms with Gasteiger partial charge in [0.1, 0.15) is 5.78 Å². The first-order chi connectivity index (χ1) is 7.31. The quantitative estimate of drug-likeness (QED) is 0.627. The molecule has 1 nitrogen and oxygen atoms in total. The van der Waals surface area contributed by atoms with Crippen LogP contribution in [-0.2, 0) is 4.79 Å². The molecule has 1 fully saturated rings. The van der Waals surface area contributed by atoms with Gasteiger partial charge >= 0.3 is 0 Å². The van der Waals surface area contributed by atoms with Crippen LogP contribution in [0.3, 0.4) is 0 Å². The molecule has 1 heteroatoms. The van der Waals surface area contributed by atoms with Gasteiger partial charge in [0.15, 0.2) is 0 Å². The first kappa shape index (κ1) is 10.9. The normalized spacial score (nSPS) is 32.6. The summed E-state index contributed by atoms with van der Waals surface area (Å²) in [5.74, 6) is 2.15. The van der Waals surface area contributed by atoms with Gasteiger partial charge in [0, 0.05) is 12.8 Å². The maximum absolute atomic E-state index is 11.2. The number of hydrogen-bond acceptors (Lipinski definition) is 1. The van der Waals surface area contributed by atoms with Gasteiger partial charge in [-0.15, -0.1) is 0 Å². The molecule has 15 heavy (non-hydrogen) atoms. The Balaban J connectivity index is 2.04. The summed E-state index contributed by atoms with van der Waals surface area (Å²) in [7, 11) is 0. The standard InChI is InChI=1S/C14H22O/c1-2-11-5-3-4-6-14(11)12-7-9-13(15)10-8-12/h7,11,14H,2-6,8-10H2,1H3. The van der Waals surface area contributed by atoms with Gasteiger partial charge < -0.3 is 0 Å². The molecule has 0 aromatic rings. The summed E-state index contributed by atoms with van der Waals surface area (Å²) in [6.07, 6.45) is 11.7. The van der Waals surface area contributed by atoms with Crippen LogP contribution in [0.15, 0.2) is 11.6 Å². The first-order valence-electron chi connectivity index (χ1n) is 6.52. The van der Waals surface area contributed by atoms with E-state index in [9.17, 15) is 4.79 Å². The number of ketones is 1. The molecule has 0 aromatic heterocycles. The summed E-state index contributed by atoms with van der Waals surface area (Å²) in [6, 6.07) is 0. The molecule has 0 aliphatic heterocycles. The first-order valence-corrected chi connectivity index (χ1v) is 6.52. The summed E-state index contributed by atoms with van der Waals surface area (Å²) in [5, 5.41) is 0. The lowest BCUT2D eigenvalue weighted by molar-refractivity contribution is -0.118. The van der Waals surface area contributed by atoms with Crippen molar-refractivity contribution in [3.05, 3.63) is 11.6 Å². The van der Waals surface area contributed by atoms with E-state index < -0.39 is 0 Å². The number of carbonyl (C=O) groups is 1. The maximum atomic E-state index is 11.2. The van der Waals surface area contributed by atoms with Crippen molar-refractivity contribution >= 4 is 5.78 Å². The fourth-order valence-electron chi connectivity index (χ4n) is 3.25. The number of allylic oxidation sites excluding steroid dienone is 2. The van der Waals surface area contributed by atoms with Crippen LogP contribution in [0.5, 0.6) is 0 Å². The lowest BCUT2D eigenvalue weighted by Crippen LogP contribution is -2.22. The van der Waals surface area contributed by atoms with Gasteiger partial charge in [-0.3, -0.25) is 4.79 Å². The Morgan fingerprint density at radius 1 is 1.27 bits per heavy atom. The van der Waals surface area contributed by atoms with Gasteiger partial charge in [0.25, 0.3) is 0 Å². The Labute approximate surface area is 92.9 Å². The van der Waals surface area contributed by atoms with Gasteiger partial charge in [-0.25, -0.2) is 0 Å². The fraction of sp³-hybridized carbons (Fsp3) is 0.786. The van der Waals surface area contributed by atoms with E-state index >= 15 is 0 Å². The van der Waals surface area contributed by atoms with Crippen LogP contribution in [0.2, 0.25) is 0 Å². The minimum absolute atomic E-state index is 0.433. The summed E-state index contributed by atoms with van der Waals surface area (Å²) >= 11 is 0. The molecule has 2 atom stereocenters. The van der Waals surface area contributed by atoms with Crippen LogP contribution in [-0.4, -0.2) is 5.78 Å². The van der Waals surface area contributed by atoms with Crippen LogP contribution in [0.4, 0.5) is 0 Å². The second-order valence-electron chi connectivity index (χ2n) is 5.08. The van der Waals surface area contributed by atoms with E-state index in [0.717, 1.165) is 24.7 Å². The average Bonchev–Trinajstić information content (AvgIpc) is 2.30. The summed E-state index contributed by atoms with van der Waals surface area (Å²) < 4.78 is 0. The number of Topliss-reactive ketones (excluding diaryl/α,β-unsaturated/α-hetero) is 1. The largest absolute Gasteiger partial charge is 0.299 e. The van der Waals surface area contributed by atoms with Gasteiger partial charge in [-0.2, -0.15) is 0 Å². The highest BCUT2D eigenvalue weighted by molar-refractivity contribution is 5.81. The molecule has 0 heterocycles. The highest BCUT2D eigenvalue weighted by Crippen LogP contribution is 2.39. The smallest absolute Gasteiger partial charge is 0.136 e. The van der Waals surface area contributed by atoms with Crippen LogP contribution in [0.25, 0.3) is 0 Å². The molecule has 0 spiro atoms. The Morgan fingerprint density at radius 2 is 2.07 bits per heavy atom. The van der Waals surface area contributed by atoms with Gasteiger partial charge in [-0.05, 0) is 31.1 Å². The van der Waals surface area contributed by atoms with Crippen LogP contribution in [0, 0.1) is 11.8 Å². The molecular weight excluding hydrogens is 184 g/mol. The zero-order valence-electron chi connectivity index (χ0n) is 9.80. The summed E-state index contributed by atoms with van der Waals surface area (Å²) in [4.78, 5) is 11.2. The zero-order valence-corrected chi connectivity index (χ0v) is 9.80. The minimum Gasteiger partial charge on any atom is -0.299 e. The average molecular weight is 206 g/mol. The lowest BCUT2D eigenvalue weighted by Gasteiger charge is -2.34. The second-order valence-corrected chi connectivity index (χ2v) is 5.08. The predicted molar refractivity (Wildman–Crippen MR) is 62.7 cm³/mol. The molecule has 84 valence electrons. The molecule has 2 aliphatic carbocycles. The van der Waals surface area contributed by atoms with E-state index in [4.69, 9.17) is 0 Å². The van der Waals surface area contributed by atoms with Crippen molar-refractivity contribution in [2.75, 3.05) is 0 Å². The Hall–Kier alpha value is -0.590. The predicted octanol–water partition coefficient (Wildman–Crippen LogP) is 3.88. The van der Waals surface area contributed by atoms with E-state index in [-0.39, 0.29) is 0 Å². The van der Waals surface area contributed by atoms with E-state index in [2.05, 4.69) is 13.0 Å². The molecule has 0 saturated heterocycles. The zero-order chi connectivity index (χ0) is 10.7. The van der Waals surface area contributed by atoms with E-state index in [1.54, 1.807) is 5.57 Å². The third-order valence-electron chi connectivity index (χ3n) is 4.19. The molecule has 0 amide bonds. The molecule has 0 bridgehead atoms. The molecule has 0 radical (unpaired) electrons. The van der Waals surface area contributed by atoms with E-state index in [0.29, 0.717) is 12.2 Å². The Kier molecular flexibility index (Phi) is 3.61. The highest BCUT2D eigenvalue weighted by Gasteiger charge is 2.27. The second kappa shape index (κ2) is 4.96. The van der Waals surface area contributed by atoms with E-state index in [1.807, 2.05) is 0 Å². The minimum atomic E-state index is 0.433. The monoisotopic (exact) mass is 206 g/mol. The topological polar surface area (TPSA) is 17.1 Å². The van der Waals surface area contributed by atoms with Gasteiger partial charge in [0.2, 0.25) is 0 Å². The van der Waals surface area contributed by atoms with E-state index in [1.165, 1.54) is 32.1 Å². The van der Waals surface area contributed by atoms with Gasteiger partial charge in [-0.1, -0.05) is 37.8 Å². The van der Waals surface area contributed by atoms with Crippen molar-refractivity contribution in [1.29, 1.82) is 0 Å². The molecule has 2 rings (SSSR count). The molecule has 0 N–H and O–H groups in total. The SMILES string of the molecule is CCC1CCCCC1C1=CCC(=O)CC1. The van der Waals surface area contributed by atoms with Crippen LogP contribution >= 0.6 is 0 Å². The Morgan fingerprint density at radius 3 is 2.73 bits per heavy atom. The number of hydrogen-bond donors (Lipinski definition) is 0. The maximum Gasteiger partial charge on any atom is 0.136 e. The third kappa shape index (κ3) is 2.50. The van der Waals surface area contributed by atoms with Crippen molar-refractivity contribution in [1.82, 2.24) is 0 Å². The Bertz CT molecular complexity index is 265. The molecule has 2 aliphatic rings. The number of rotatable bonds is 2. The van der Waals surface area contributed by atoms with Crippen LogP contribution in [0.1, 0.15) is 58.3 Å². The molecule has 0 aromatic carbocycles. The molecule has 1 saturated carbocycles.